The quantitative estimate of drug-likeness (QED) is 0.691. The van der Waals surface area contributed by atoms with Crippen LogP contribution in [0.5, 0.6) is 0 Å². The third-order valence-electron chi connectivity index (χ3n) is 4.49. The fourth-order valence-electron chi connectivity index (χ4n) is 2.79. The zero-order chi connectivity index (χ0) is 19.4. The fraction of sp³-hybridized carbons (Fsp3) is 0.350. The Morgan fingerprint density at radius 3 is 2.78 bits per heavy atom. The predicted octanol–water partition coefficient (Wildman–Crippen LogP) is 3.49. The Labute approximate surface area is 158 Å². The van der Waals surface area contributed by atoms with Crippen LogP contribution in [0.4, 0.5) is 5.95 Å². The molecule has 1 N–H and O–H groups in total. The van der Waals surface area contributed by atoms with E-state index in [2.05, 4.69) is 26.3 Å². The molecular formula is C20H22N6O. The Morgan fingerprint density at radius 1 is 1.30 bits per heavy atom. The van der Waals surface area contributed by atoms with Gasteiger partial charge in [-0.05, 0) is 18.6 Å². The predicted molar refractivity (Wildman–Crippen MR) is 104 cm³/mol. The summed E-state index contributed by atoms with van der Waals surface area (Å²) in [6.45, 7) is 5.81. The average Bonchev–Trinajstić information content (AvgIpc) is 3.11. The van der Waals surface area contributed by atoms with E-state index in [1.165, 1.54) is 6.20 Å². The van der Waals surface area contributed by atoms with E-state index in [0.717, 1.165) is 17.5 Å². The van der Waals surface area contributed by atoms with Crippen LogP contribution in [0.1, 0.15) is 39.2 Å². The summed E-state index contributed by atoms with van der Waals surface area (Å²) in [4.78, 5) is 25.2. The van der Waals surface area contributed by atoms with Crippen molar-refractivity contribution in [3.8, 4) is 11.9 Å². The lowest BCUT2D eigenvalue weighted by molar-refractivity contribution is -0.122. The van der Waals surface area contributed by atoms with Crippen molar-refractivity contribution < 1.29 is 4.79 Å². The summed E-state index contributed by atoms with van der Waals surface area (Å²) in [5.74, 6) is 1.05. The van der Waals surface area contributed by atoms with E-state index in [0.29, 0.717) is 23.8 Å². The molecule has 0 bridgehead atoms. The number of nitrogens with zero attached hydrogens (tertiary/aromatic N) is 5. The summed E-state index contributed by atoms with van der Waals surface area (Å²) >= 11 is 0. The van der Waals surface area contributed by atoms with Gasteiger partial charge in [0, 0.05) is 18.4 Å². The number of aromatic nitrogens is 4. The van der Waals surface area contributed by atoms with E-state index in [-0.39, 0.29) is 17.7 Å². The number of ketones is 1. The Bertz CT molecular complexity index is 1000. The van der Waals surface area contributed by atoms with E-state index >= 15 is 0 Å². The number of anilines is 1. The largest absolute Gasteiger partial charge is 0.351 e. The van der Waals surface area contributed by atoms with Crippen LogP contribution in [0.2, 0.25) is 0 Å². The van der Waals surface area contributed by atoms with Gasteiger partial charge in [0.1, 0.15) is 23.7 Å². The second-order valence-electron chi connectivity index (χ2n) is 6.72. The van der Waals surface area contributed by atoms with Crippen molar-refractivity contribution in [1.29, 1.82) is 5.26 Å². The number of carbonyl (C=O) groups is 1. The van der Waals surface area contributed by atoms with Crippen molar-refractivity contribution in [2.75, 3.05) is 5.32 Å². The van der Waals surface area contributed by atoms with Crippen LogP contribution in [0.15, 0.2) is 36.8 Å². The SMILES string of the molecule is CCC(CC(=O)C(C)C)Nc1ncc(C#N)c(-n2cnc3ccccc32)n1. The lowest BCUT2D eigenvalue weighted by atomic mass is 10.0. The molecule has 3 rings (SSSR count). The molecule has 7 heteroatoms. The normalized spacial score (nSPS) is 12.1. The van der Waals surface area contributed by atoms with Gasteiger partial charge >= 0.3 is 0 Å². The molecule has 0 fully saturated rings. The van der Waals surface area contributed by atoms with Gasteiger partial charge in [-0.3, -0.25) is 9.36 Å². The van der Waals surface area contributed by atoms with Crippen LogP contribution >= 0.6 is 0 Å². The molecule has 0 radical (unpaired) electrons. The second-order valence-corrected chi connectivity index (χ2v) is 6.72. The van der Waals surface area contributed by atoms with Crippen LogP contribution in [-0.2, 0) is 4.79 Å². The number of hydrogen-bond donors (Lipinski definition) is 1. The van der Waals surface area contributed by atoms with Crippen molar-refractivity contribution in [3.63, 3.8) is 0 Å². The number of imidazole rings is 1. The number of nitriles is 1. The highest BCUT2D eigenvalue weighted by atomic mass is 16.1. The first-order valence-corrected chi connectivity index (χ1v) is 9.02. The Kier molecular flexibility index (Phi) is 5.46. The van der Waals surface area contributed by atoms with Gasteiger partial charge in [-0.25, -0.2) is 9.97 Å². The Balaban J connectivity index is 1.94. The number of rotatable bonds is 7. The molecule has 27 heavy (non-hydrogen) atoms. The molecule has 0 aliphatic heterocycles. The molecule has 0 saturated carbocycles. The molecular weight excluding hydrogens is 340 g/mol. The van der Waals surface area contributed by atoms with Crippen LogP contribution < -0.4 is 5.32 Å². The van der Waals surface area contributed by atoms with Crippen molar-refractivity contribution in [3.05, 3.63) is 42.4 Å². The molecule has 0 saturated heterocycles. The standard InChI is InChI=1S/C20H22N6O/c1-4-15(9-18(27)13(2)3)24-20-22-11-14(10-21)19(25-20)26-12-23-16-7-5-6-8-17(16)26/h5-8,11-13,15H,4,9H2,1-3H3,(H,22,24,25). The number of benzene rings is 1. The summed E-state index contributed by atoms with van der Waals surface area (Å²) < 4.78 is 1.78. The third kappa shape index (κ3) is 3.95. The monoisotopic (exact) mass is 362 g/mol. The van der Waals surface area contributed by atoms with Gasteiger partial charge in [-0.15, -0.1) is 0 Å². The third-order valence-corrected chi connectivity index (χ3v) is 4.49. The molecule has 0 aliphatic carbocycles. The van der Waals surface area contributed by atoms with Gasteiger partial charge in [0.2, 0.25) is 5.95 Å². The molecule has 1 unspecified atom stereocenters. The van der Waals surface area contributed by atoms with Gasteiger partial charge in [-0.1, -0.05) is 32.9 Å². The molecule has 2 heterocycles. The van der Waals surface area contributed by atoms with Crippen LogP contribution in [0.25, 0.3) is 16.9 Å². The maximum Gasteiger partial charge on any atom is 0.224 e. The Morgan fingerprint density at radius 2 is 2.07 bits per heavy atom. The van der Waals surface area contributed by atoms with Crippen molar-refractivity contribution in [2.24, 2.45) is 5.92 Å². The summed E-state index contributed by atoms with van der Waals surface area (Å²) in [7, 11) is 0. The van der Waals surface area contributed by atoms with Crippen molar-refractivity contribution in [2.45, 2.75) is 39.7 Å². The fourth-order valence-corrected chi connectivity index (χ4v) is 2.79. The molecule has 0 amide bonds. The number of fused-ring (bicyclic) bond motifs is 1. The number of para-hydroxylation sites is 2. The maximum absolute atomic E-state index is 12.1. The van der Waals surface area contributed by atoms with Crippen LogP contribution in [0.3, 0.4) is 0 Å². The second kappa shape index (κ2) is 7.96. The summed E-state index contributed by atoms with van der Waals surface area (Å²) in [6.07, 6.45) is 4.33. The van der Waals surface area contributed by atoms with Gasteiger partial charge in [0.25, 0.3) is 0 Å². The number of Topliss-reactive ketones (excluding diaryl/α,β-unsaturated/α-hetero) is 1. The first kappa shape index (κ1) is 18.5. The number of hydrogen-bond acceptors (Lipinski definition) is 6. The van der Waals surface area contributed by atoms with Gasteiger partial charge in [-0.2, -0.15) is 10.2 Å². The Hall–Kier alpha value is -3.27. The molecule has 1 atom stereocenters. The van der Waals surface area contributed by atoms with E-state index < -0.39 is 0 Å². The minimum atomic E-state index is -0.0554. The molecule has 138 valence electrons. The van der Waals surface area contributed by atoms with Crippen molar-refractivity contribution >= 4 is 22.8 Å². The van der Waals surface area contributed by atoms with E-state index in [9.17, 15) is 10.1 Å². The lowest BCUT2D eigenvalue weighted by Crippen LogP contribution is -2.25. The smallest absolute Gasteiger partial charge is 0.224 e. The molecule has 1 aromatic carbocycles. The molecule has 0 spiro atoms. The van der Waals surface area contributed by atoms with E-state index in [4.69, 9.17) is 0 Å². The summed E-state index contributed by atoms with van der Waals surface area (Å²) in [5.41, 5.74) is 2.04. The molecule has 3 aromatic rings. The highest BCUT2D eigenvalue weighted by Crippen LogP contribution is 2.20. The minimum Gasteiger partial charge on any atom is -0.351 e. The number of carbonyl (C=O) groups excluding carboxylic acids is 1. The first-order valence-electron chi connectivity index (χ1n) is 9.02. The molecule has 2 aromatic heterocycles. The van der Waals surface area contributed by atoms with Crippen molar-refractivity contribution in [1.82, 2.24) is 19.5 Å². The number of nitrogens with one attached hydrogen (secondary N) is 1. The average molecular weight is 362 g/mol. The zero-order valence-electron chi connectivity index (χ0n) is 15.7. The van der Waals surface area contributed by atoms with Gasteiger partial charge < -0.3 is 5.32 Å². The minimum absolute atomic E-state index is 0.00407. The highest BCUT2D eigenvalue weighted by Gasteiger charge is 2.17. The van der Waals surface area contributed by atoms with E-state index in [1.54, 1.807) is 10.9 Å². The summed E-state index contributed by atoms with van der Waals surface area (Å²) in [6, 6.07) is 9.74. The lowest BCUT2D eigenvalue weighted by Gasteiger charge is -2.18. The van der Waals surface area contributed by atoms with Gasteiger partial charge in [0.05, 0.1) is 17.2 Å². The zero-order valence-corrected chi connectivity index (χ0v) is 15.7. The van der Waals surface area contributed by atoms with Crippen LogP contribution in [-0.4, -0.2) is 31.3 Å². The summed E-state index contributed by atoms with van der Waals surface area (Å²) in [5, 5.41) is 12.7. The van der Waals surface area contributed by atoms with E-state index in [1.807, 2.05) is 45.0 Å². The molecule has 7 nitrogen and oxygen atoms in total. The topological polar surface area (TPSA) is 96.5 Å². The molecule has 0 aliphatic rings. The first-order chi connectivity index (χ1) is 13.0. The maximum atomic E-state index is 12.1. The van der Waals surface area contributed by atoms with Gasteiger partial charge in [0.15, 0.2) is 5.82 Å². The highest BCUT2D eigenvalue weighted by molar-refractivity contribution is 5.81. The van der Waals surface area contributed by atoms with Crippen LogP contribution in [0, 0.1) is 17.2 Å².